The van der Waals surface area contributed by atoms with Crippen LogP contribution in [0.4, 0.5) is 0 Å². The molecule has 3 aliphatic heterocycles. The van der Waals surface area contributed by atoms with Crippen LogP contribution >= 0.6 is 0 Å². The van der Waals surface area contributed by atoms with Gasteiger partial charge in [0.1, 0.15) is 30.0 Å². The molecule has 0 aliphatic carbocycles. The van der Waals surface area contributed by atoms with Gasteiger partial charge >= 0.3 is 11.9 Å². The van der Waals surface area contributed by atoms with Crippen molar-refractivity contribution in [2.75, 3.05) is 21.2 Å². The monoisotopic (exact) mass is 626 g/mol. The summed E-state index contributed by atoms with van der Waals surface area (Å²) in [5, 5.41) is 11.3. The van der Waals surface area contributed by atoms with Crippen molar-refractivity contribution < 1.29 is 48.0 Å². The third-order valence-corrected chi connectivity index (χ3v) is 10.4. The van der Waals surface area contributed by atoms with Crippen molar-refractivity contribution in [3.05, 3.63) is 0 Å². The third kappa shape index (κ3) is 6.76. The fraction of sp³-hybridized carbons (Fsp3) is 0.875. The summed E-state index contributed by atoms with van der Waals surface area (Å²) >= 11 is 0. The summed E-state index contributed by atoms with van der Waals surface area (Å²) in [6, 6.07) is -1.37. The van der Waals surface area contributed by atoms with Crippen molar-refractivity contribution in [2.24, 2.45) is 35.3 Å². The SMILES string of the molecule is CC[C@H]1OC(=O)[C@H](C)C(=O)[C@H](C)[C@@H](O[C@@H]2O[C@H](C)C[C@H](N(C)C)[C@H]2O)[C@](C)(OC)C[C@@H](C)C(=O)[C@H](C)[C@H]2C(N)C(=O)O[C@@]21C. The zero-order valence-electron chi connectivity index (χ0n) is 28.2. The minimum absolute atomic E-state index is 0.133. The van der Waals surface area contributed by atoms with E-state index in [-0.39, 0.29) is 30.8 Å². The summed E-state index contributed by atoms with van der Waals surface area (Å²) in [6.45, 7) is 13.6. The van der Waals surface area contributed by atoms with Crippen LogP contribution in [0.1, 0.15) is 74.7 Å². The first kappa shape index (κ1) is 36.5. The predicted molar refractivity (Wildman–Crippen MR) is 160 cm³/mol. The van der Waals surface area contributed by atoms with E-state index in [0.29, 0.717) is 6.42 Å². The summed E-state index contributed by atoms with van der Waals surface area (Å²) in [7, 11) is 5.20. The van der Waals surface area contributed by atoms with Crippen LogP contribution in [-0.4, -0.2) is 109 Å². The number of fused-ring (bicyclic) bond motifs is 1. The van der Waals surface area contributed by atoms with E-state index in [1.54, 1.807) is 41.5 Å². The lowest BCUT2D eigenvalue weighted by Gasteiger charge is -2.47. The molecule has 0 saturated carbocycles. The van der Waals surface area contributed by atoms with E-state index in [1.165, 1.54) is 14.0 Å². The van der Waals surface area contributed by atoms with Gasteiger partial charge in [-0.15, -0.1) is 0 Å². The number of hydrogen-bond acceptors (Lipinski definition) is 12. The minimum Gasteiger partial charge on any atom is -0.458 e. The molecule has 252 valence electrons. The van der Waals surface area contributed by atoms with Gasteiger partial charge < -0.3 is 39.4 Å². The quantitative estimate of drug-likeness (QED) is 0.337. The smallest absolute Gasteiger partial charge is 0.324 e. The average molecular weight is 627 g/mol. The Morgan fingerprint density at radius 2 is 1.61 bits per heavy atom. The molecular weight excluding hydrogens is 572 g/mol. The maximum absolute atomic E-state index is 14.1. The number of carbonyl (C=O) groups is 4. The van der Waals surface area contributed by atoms with Gasteiger partial charge in [-0.05, 0) is 61.1 Å². The maximum atomic E-state index is 14.1. The van der Waals surface area contributed by atoms with Crippen molar-refractivity contribution in [1.29, 1.82) is 0 Å². The van der Waals surface area contributed by atoms with Crippen molar-refractivity contribution in [3.63, 3.8) is 0 Å². The molecule has 0 bridgehead atoms. The molecule has 0 spiro atoms. The number of hydrogen-bond donors (Lipinski definition) is 2. The lowest BCUT2D eigenvalue weighted by molar-refractivity contribution is -0.295. The number of carbonyl (C=O) groups excluding carboxylic acids is 4. The Morgan fingerprint density at radius 3 is 2.16 bits per heavy atom. The Morgan fingerprint density at radius 1 is 1.00 bits per heavy atom. The summed E-state index contributed by atoms with van der Waals surface area (Å²) in [6.07, 6.45) is -3.38. The van der Waals surface area contributed by atoms with E-state index >= 15 is 0 Å². The summed E-state index contributed by atoms with van der Waals surface area (Å²) in [5.41, 5.74) is 3.71. The first-order chi connectivity index (χ1) is 20.3. The van der Waals surface area contributed by atoms with Gasteiger partial charge in [-0.1, -0.05) is 27.7 Å². The van der Waals surface area contributed by atoms with Crippen LogP contribution < -0.4 is 5.73 Å². The predicted octanol–water partition coefficient (Wildman–Crippen LogP) is 1.87. The summed E-state index contributed by atoms with van der Waals surface area (Å²) in [5.74, 6) is -6.40. The number of aliphatic hydroxyl groups excluding tert-OH is 1. The van der Waals surface area contributed by atoms with Crippen molar-refractivity contribution in [3.8, 4) is 0 Å². The van der Waals surface area contributed by atoms with Crippen LogP contribution in [-0.2, 0) is 42.9 Å². The van der Waals surface area contributed by atoms with Crippen LogP contribution in [0.3, 0.4) is 0 Å². The zero-order chi connectivity index (χ0) is 33.5. The molecule has 0 amide bonds. The standard InChI is InChI=1S/C32H54N2O10/c1-12-21-32(8)22(23(33)29(39)44-32)17(4)24(35)15(2)14-31(7,40-11)27(18(5)25(36)19(6)28(38)42-21)43-30-26(37)20(34(9)10)13-16(3)41-30/h15-23,26-27,30,37H,12-14,33H2,1-11H3/t15-,16-,17-,18+,19-,20+,21-,22+,23?,26-,27-,30+,31-,32-/m1/s1. The number of aliphatic hydroxyl groups is 1. The molecule has 12 nitrogen and oxygen atoms in total. The number of esters is 2. The van der Waals surface area contributed by atoms with Crippen molar-refractivity contribution >= 4 is 23.5 Å². The lowest BCUT2D eigenvalue weighted by Crippen LogP contribution is -2.59. The Hall–Kier alpha value is -1.96. The molecule has 3 rings (SSSR count). The molecule has 1 unspecified atom stereocenters. The largest absolute Gasteiger partial charge is 0.458 e. The fourth-order valence-electron chi connectivity index (χ4n) is 7.69. The van der Waals surface area contributed by atoms with Gasteiger partial charge in [0.25, 0.3) is 0 Å². The minimum atomic E-state index is -1.38. The van der Waals surface area contributed by atoms with Crippen LogP contribution in [0.25, 0.3) is 0 Å². The second kappa shape index (κ2) is 13.8. The van der Waals surface area contributed by atoms with Gasteiger partial charge in [0.2, 0.25) is 0 Å². The molecule has 12 heteroatoms. The molecule has 14 atom stereocenters. The molecule has 0 aromatic heterocycles. The van der Waals surface area contributed by atoms with Crippen LogP contribution in [0.15, 0.2) is 0 Å². The number of cyclic esters (lactones) is 1. The number of methoxy groups -OCH3 is 1. The number of ether oxygens (including phenoxy) is 5. The molecule has 44 heavy (non-hydrogen) atoms. The molecular formula is C32H54N2O10. The lowest BCUT2D eigenvalue weighted by atomic mass is 9.69. The van der Waals surface area contributed by atoms with E-state index in [9.17, 15) is 24.3 Å². The first-order valence-electron chi connectivity index (χ1n) is 15.8. The number of ketones is 2. The second-order valence-electron chi connectivity index (χ2n) is 13.8. The zero-order valence-corrected chi connectivity index (χ0v) is 28.2. The topological polar surface area (TPSA) is 164 Å². The van der Waals surface area contributed by atoms with E-state index in [1.807, 2.05) is 25.9 Å². The number of nitrogens with zero attached hydrogens (tertiary/aromatic N) is 1. The number of Topliss-reactive ketones (excluding diaryl/α,β-unsaturated/α-hetero) is 2. The normalized spacial score (nSPS) is 46.3. The van der Waals surface area contributed by atoms with Gasteiger partial charge in [0.15, 0.2) is 17.7 Å². The number of likely N-dealkylation sites (N-methyl/N-ethyl adjacent to an activating group) is 1. The molecule has 3 heterocycles. The highest BCUT2D eigenvalue weighted by atomic mass is 16.7. The Labute approximate surface area is 261 Å². The first-order valence-corrected chi connectivity index (χ1v) is 15.8. The van der Waals surface area contributed by atoms with Gasteiger partial charge in [-0.3, -0.25) is 19.2 Å². The second-order valence-corrected chi connectivity index (χ2v) is 13.8. The van der Waals surface area contributed by atoms with Crippen LogP contribution in [0.2, 0.25) is 0 Å². The third-order valence-electron chi connectivity index (χ3n) is 10.4. The van der Waals surface area contributed by atoms with Gasteiger partial charge in [-0.2, -0.15) is 0 Å². The number of nitrogens with two attached hydrogens (primary N) is 1. The summed E-state index contributed by atoms with van der Waals surface area (Å²) in [4.78, 5) is 56.3. The van der Waals surface area contributed by atoms with Crippen LogP contribution in [0, 0.1) is 29.6 Å². The molecule has 0 aromatic carbocycles. The van der Waals surface area contributed by atoms with E-state index in [0.717, 1.165) is 0 Å². The van der Waals surface area contributed by atoms with E-state index in [4.69, 9.17) is 29.4 Å². The van der Waals surface area contributed by atoms with Gasteiger partial charge in [0.05, 0.1) is 17.8 Å². The highest BCUT2D eigenvalue weighted by molar-refractivity contribution is 6.00. The summed E-state index contributed by atoms with van der Waals surface area (Å²) < 4.78 is 30.2. The van der Waals surface area contributed by atoms with E-state index in [2.05, 4.69) is 0 Å². The van der Waals surface area contributed by atoms with E-state index < -0.39 is 89.2 Å². The Kier molecular flexibility index (Phi) is 11.5. The Bertz CT molecular complexity index is 1090. The van der Waals surface area contributed by atoms with Gasteiger partial charge in [-0.25, -0.2) is 0 Å². The number of rotatable bonds is 5. The molecule has 3 aliphatic rings. The van der Waals surface area contributed by atoms with Gasteiger partial charge in [0, 0.05) is 36.8 Å². The van der Waals surface area contributed by atoms with Crippen molar-refractivity contribution in [1.82, 2.24) is 4.90 Å². The molecule has 3 N–H and O–H groups in total. The highest BCUT2D eigenvalue weighted by Crippen LogP contribution is 2.45. The average Bonchev–Trinajstić information content (AvgIpc) is 3.20. The Balaban J connectivity index is 2.11. The molecule has 0 aromatic rings. The molecule has 3 saturated heterocycles. The fourth-order valence-corrected chi connectivity index (χ4v) is 7.69. The molecule has 3 fully saturated rings. The highest BCUT2D eigenvalue weighted by Gasteiger charge is 2.60. The molecule has 0 radical (unpaired) electrons. The van der Waals surface area contributed by atoms with Crippen molar-refractivity contribution in [2.45, 2.75) is 129 Å². The van der Waals surface area contributed by atoms with Crippen LogP contribution in [0.5, 0.6) is 0 Å². The maximum Gasteiger partial charge on any atom is 0.324 e.